The van der Waals surface area contributed by atoms with Gasteiger partial charge in [0.05, 0.1) is 10.6 Å². The summed E-state index contributed by atoms with van der Waals surface area (Å²) >= 11 is 6.50. The first-order valence-corrected chi connectivity index (χ1v) is 11.7. The van der Waals surface area contributed by atoms with Gasteiger partial charge in [0.2, 0.25) is 0 Å². The molecule has 0 aromatic heterocycles. The summed E-state index contributed by atoms with van der Waals surface area (Å²) < 4.78 is 18.8. The van der Waals surface area contributed by atoms with Crippen molar-refractivity contribution < 1.29 is 19.1 Å². The lowest BCUT2D eigenvalue weighted by atomic mass is 10.1. The van der Waals surface area contributed by atoms with Gasteiger partial charge in [0.15, 0.2) is 5.75 Å². The first-order valence-electron chi connectivity index (χ1n) is 8.53. The first kappa shape index (κ1) is 21.9. The molecule has 0 aliphatic carbocycles. The molecule has 2 N–H and O–H groups in total. The minimum atomic E-state index is -3.95. The van der Waals surface area contributed by atoms with Crippen LogP contribution in [0, 0.1) is 0 Å². The molecule has 0 aliphatic heterocycles. The van der Waals surface area contributed by atoms with Crippen molar-refractivity contribution in [1.29, 1.82) is 0 Å². The molecule has 2 rings (SSSR count). The van der Waals surface area contributed by atoms with Crippen LogP contribution in [0.15, 0.2) is 47.4 Å². The van der Waals surface area contributed by atoms with E-state index in [-0.39, 0.29) is 6.16 Å². The molecule has 2 aromatic carbocycles. The molecular formula is C19H24NO4PS2. The number of aryl methyl sites for hydroxylation is 1. The number of nitrogens with zero attached hydrogens (tertiary/aromatic N) is 1. The van der Waals surface area contributed by atoms with Gasteiger partial charge < -0.3 is 19.4 Å². The standard InChI is InChI=1S/C19H24NO4PS2/c1-20(2)17-12-11-15(8-6-7-13-25(21,22)23)19(27-14-26)18(17)24-16-9-4-3-5-10-16/h3-5,9-12,14H,6-8,13H2,1-2H3,(H2,21,22,23). The van der Waals surface area contributed by atoms with Crippen LogP contribution >= 0.6 is 31.6 Å². The average molecular weight is 426 g/mol. The summed E-state index contributed by atoms with van der Waals surface area (Å²) in [5.74, 6) is 1.48. The van der Waals surface area contributed by atoms with Crippen molar-refractivity contribution in [2.45, 2.75) is 24.2 Å². The summed E-state index contributed by atoms with van der Waals surface area (Å²) in [4.78, 5) is 21.0. The fourth-order valence-corrected chi connectivity index (χ4v) is 4.25. The number of hydrogen-bond donors (Lipinski definition) is 2. The third kappa shape index (κ3) is 6.94. The second-order valence-corrected chi connectivity index (χ2v) is 9.46. The molecule has 0 spiro atoms. The first-order chi connectivity index (χ1) is 12.8. The molecule has 0 saturated carbocycles. The average Bonchev–Trinajstić information content (AvgIpc) is 2.61. The monoisotopic (exact) mass is 425 g/mol. The predicted molar refractivity (Wildman–Crippen MR) is 117 cm³/mol. The number of thioether (sulfide) groups is 1. The van der Waals surface area contributed by atoms with E-state index in [1.54, 1.807) is 4.70 Å². The highest BCUT2D eigenvalue weighted by atomic mass is 32.2. The summed E-state index contributed by atoms with van der Waals surface area (Å²) in [7, 11) is -0.0330. The van der Waals surface area contributed by atoms with Gasteiger partial charge in [-0.25, -0.2) is 0 Å². The number of hydrogen-bond acceptors (Lipinski definition) is 5. The molecule has 0 amide bonds. The fraction of sp³-hybridized carbons (Fsp3) is 0.316. The molecule has 0 bridgehead atoms. The van der Waals surface area contributed by atoms with Crippen LogP contribution in [0.5, 0.6) is 11.5 Å². The molecule has 0 aliphatic rings. The Kier molecular flexibility index (Phi) is 8.32. The quantitative estimate of drug-likeness (QED) is 0.238. The molecule has 8 heteroatoms. The van der Waals surface area contributed by atoms with Gasteiger partial charge in [0.25, 0.3) is 0 Å². The van der Waals surface area contributed by atoms with Crippen LogP contribution in [-0.4, -0.2) is 34.7 Å². The van der Waals surface area contributed by atoms with E-state index in [4.69, 9.17) is 26.7 Å². The Bertz CT molecular complexity index is 809. The molecule has 27 heavy (non-hydrogen) atoms. The zero-order valence-electron chi connectivity index (χ0n) is 15.4. The molecule has 0 heterocycles. The van der Waals surface area contributed by atoms with Crippen LogP contribution in [0.4, 0.5) is 5.69 Å². The predicted octanol–water partition coefficient (Wildman–Crippen LogP) is 5.09. The molecule has 0 atom stereocenters. The van der Waals surface area contributed by atoms with E-state index < -0.39 is 7.60 Å². The number of ether oxygens (including phenoxy) is 1. The minimum absolute atomic E-state index is 0.0915. The Balaban J connectivity index is 2.32. The third-order valence-corrected chi connectivity index (χ3v) is 5.90. The smallest absolute Gasteiger partial charge is 0.325 e. The molecule has 0 fully saturated rings. The van der Waals surface area contributed by atoms with Gasteiger partial charge >= 0.3 is 7.60 Å². The number of benzene rings is 2. The molecule has 2 aromatic rings. The summed E-state index contributed by atoms with van der Waals surface area (Å²) in [5, 5.41) is 0. The Hall–Kier alpha value is -1.37. The van der Waals surface area contributed by atoms with Gasteiger partial charge in [0.1, 0.15) is 5.75 Å². The van der Waals surface area contributed by atoms with Crippen LogP contribution < -0.4 is 9.64 Å². The van der Waals surface area contributed by atoms with Gasteiger partial charge in [-0.05, 0) is 43.0 Å². The maximum Gasteiger partial charge on any atom is 0.325 e. The van der Waals surface area contributed by atoms with E-state index in [0.29, 0.717) is 19.3 Å². The topological polar surface area (TPSA) is 70.0 Å². The van der Waals surface area contributed by atoms with Crippen molar-refractivity contribution in [3.63, 3.8) is 0 Å². The van der Waals surface area contributed by atoms with Gasteiger partial charge in [-0.3, -0.25) is 4.57 Å². The Morgan fingerprint density at radius 1 is 1.15 bits per heavy atom. The Labute approximate surface area is 169 Å². The number of rotatable bonds is 10. The highest BCUT2D eigenvalue weighted by Crippen LogP contribution is 2.43. The van der Waals surface area contributed by atoms with E-state index in [2.05, 4.69) is 0 Å². The van der Waals surface area contributed by atoms with Gasteiger partial charge in [-0.1, -0.05) is 48.2 Å². The largest absolute Gasteiger partial charge is 0.454 e. The maximum absolute atomic E-state index is 11.0. The van der Waals surface area contributed by atoms with Crippen molar-refractivity contribution in [2.24, 2.45) is 0 Å². The third-order valence-electron chi connectivity index (χ3n) is 3.93. The molecule has 0 saturated heterocycles. The van der Waals surface area contributed by atoms with Gasteiger partial charge in [0, 0.05) is 25.0 Å². The zero-order chi connectivity index (χ0) is 19.9. The summed E-state index contributed by atoms with van der Waals surface area (Å²) in [6.45, 7) is 0. The van der Waals surface area contributed by atoms with E-state index in [9.17, 15) is 4.57 Å². The molecule has 5 nitrogen and oxygen atoms in total. The summed E-state index contributed by atoms with van der Waals surface area (Å²) in [6.07, 6.45) is 1.76. The van der Waals surface area contributed by atoms with Crippen molar-refractivity contribution >= 4 is 42.0 Å². The molecule has 146 valence electrons. The number of anilines is 1. The van der Waals surface area contributed by atoms with Crippen LogP contribution in [0.1, 0.15) is 18.4 Å². The summed E-state index contributed by atoms with van der Waals surface area (Å²) in [6, 6.07) is 13.6. The highest BCUT2D eigenvalue weighted by Gasteiger charge is 2.18. The van der Waals surface area contributed by atoms with Crippen molar-refractivity contribution in [3.05, 3.63) is 48.0 Å². The second kappa shape index (κ2) is 10.2. The highest BCUT2D eigenvalue weighted by molar-refractivity contribution is 8.20. The van der Waals surface area contributed by atoms with Crippen LogP contribution in [0.25, 0.3) is 0 Å². The Morgan fingerprint density at radius 3 is 2.44 bits per heavy atom. The normalized spacial score (nSPS) is 11.3. The van der Waals surface area contributed by atoms with Gasteiger partial charge in [-0.15, -0.1) is 0 Å². The van der Waals surface area contributed by atoms with Crippen molar-refractivity contribution in [2.75, 3.05) is 25.2 Å². The summed E-state index contributed by atoms with van der Waals surface area (Å²) in [5.41, 5.74) is 2.00. The molecular weight excluding hydrogens is 401 g/mol. The number of para-hydroxylation sites is 1. The Morgan fingerprint density at radius 2 is 1.85 bits per heavy atom. The maximum atomic E-state index is 11.0. The second-order valence-electron chi connectivity index (χ2n) is 6.27. The van der Waals surface area contributed by atoms with Gasteiger partial charge in [-0.2, -0.15) is 0 Å². The van der Waals surface area contributed by atoms with E-state index >= 15 is 0 Å². The van der Waals surface area contributed by atoms with Crippen LogP contribution in [0.2, 0.25) is 0 Å². The SMILES string of the molecule is CN(C)c1ccc(CCCCP(=O)(O)O)c(SC=S)c1Oc1ccccc1. The molecule has 0 radical (unpaired) electrons. The number of thiocarbonyl (C=S) groups is 1. The van der Waals surface area contributed by atoms with E-state index in [0.717, 1.165) is 27.6 Å². The lowest BCUT2D eigenvalue weighted by Crippen LogP contribution is -2.11. The van der Waals surface area contributed by atoms with Crippen LogP contribution in [-0.2, 0) is 11.0 Å². The van der Waals surface area contributed by atoms with E-state index in [1.807, 2.05) is 61.5 Å². The fourth-order valence-electron chi connectivity index (χ4n) is 2.66. The van der Waals surface area contributed by atoms with E-state index in [1.165, 1.54) is 11.8 Å². The lowest BCUT2D eigenvalue weighted by Gasteiger charge is -2.22. The lowest BCUT2D eigenvalue weighted by molar-refractivity contribution is 0.371. The van der Waals surface area contributed by atoms with Crippen molar-refractivity contribution in [3.8, 4) is 11.5 Å². The zero-order valence-corrected chi connectivity index (χ0v) is 17.9. The minimum Gasteiger partial charge on any atom is -0.454 e. The van der Waals surface area contributed by atoms with Crippen LogP contribution in [0.3, 0.4) is 0 Å². The number of unbranched alkanes of at least 4 members (excludes halogenated alkanes) is 1. The molecule has 0 unspecified atom stereocenters. The van der Waals surface area contributed by atoms with Crippen molar-refractivity contribution in [1.82, 2.24) is 0 Å².